The van der Waals surface area contributed by atoms with Crippen LogP contribution >= 0.6 is 0 Å². The van der Waals surface area contributed by atoms with Crippen LogP contribution in [-0.2, 0) is 10.0 Å². The summed E-state index contributed by atoms with van der Waals surface area (Å²) in [6.07, 6.45) is 1.67. The predicted octanol–water partition coefficient (Wildman–Crippen LogP) is 4.18. The van der Waals surface area contributed by atoms with Crippen molar-refractivity contribution in [1.82, 2.24) is 4.72 Å². The van der Waals surface area contributed by atoms with Gasteiger partial charge >= 0.3 is 0 Å². The number of nitrogens with one attached hydrogen (secondary N) is 2. The number of carbonyl (C=O) groups excluding carboxylic acids is 1. The number of amides is 1. The van der Waals surface area contributed by atoms with Crippen LogP contribution in [0.15, 0.2) is 77.7 Å². The number of carbonyl (C=O) groups is 1. The minimum atomic E-state index is -3.66. The molecule has 0 heterocycles. The van der Waals surface area contributed by atoms with Gasteiger partial charge in [-0.05, 0) is 61.4 Å². The zero-order valence-corrected chi connectivity index (χ0v) is 17.7. The van der Waals surface area contributed by atoms with Gasteiger partial charge in [-0.15, -0.1) is 0 Å². The Hall–Kier alpha value is -3.36. The number of para-hydroxylation sites is 1. The molecule has 0 unspecified atom stereocenters. The smallest absolute Gasteiger partial charge is 0.255 e. The van der Waals surface area contributed by atoms with Crippen LogP contribution in [0.1, 0.15) is 23.2 Å². The molecule has 0 saturated heterocycles. The second kappa shape index (κ2) is 8.79. The summed E-state index contributed by atoms with van der Waals surface area (Å²) in [5.41, 5.74) is 0.625. The van der Waals surface area contributed by atoms with Gasteiger partial charge in [0.1, 0.15) is 17.2 Å². The van der Waals surface area contributed by atoms with Gasteiger partial charge in [-0.2, -0.15) is 0 Å². The molecule has 1 saturated carbocycles. The first kappa shape index (κ1) is 20.9. The third-order valence-corrected chi connectivity index (χ3v) is 6.22. The summed E-state index contributed by atoms with van der Waals surface area (Å²) in [5.74, 6) is 1.11. The Labute approximate surface area is 181 Å². The van der Waals surface area contributed by atoms with E-state index in [1.165, 1.54) is 25.3 Å². The maximum atomic E-state index is 12.8. The van der Waals surface area contributed by atoms with Crippen LogP contribution in [0.3, 0.4) is 0 Å². The average molecular weight is 439 g/mol. The lowest BCUT2D eigenvalue weighted by Gasteiger charge is -2.13. The highest BCUT2D eigenvalue weighted by molar-refractivity contribution is 7.89. The highest BCUT2D eigenvalue weighted by Gasteiger charge is 2.28. The lowest BCUT2D eigenvalue weighted by atomic mass is 10.2. The lowest BCUT2D eigenvalue weighted by Crippen LogP contribution is -2.25. The van der Waals surface area contributed by atoms with Crippen molar-refractivity contribution in [1.29, 1.82) is 0 Å². The van der Waals surface area contributed by atoms with Crippen LogP contribution in [0.4, 0.5) is 5.69 Å². The van der Waals surface area contributed by atoms with Gasteiger partial charge in [0.25, 0.3) is 5.91 Å². The van der Waals surface area contributed by atoms with Gasteiger partial charge in [0.05, 0.1) is 17.7 Å². The zero-order chi connectivity index (χ0) is 21.8. The van der Waals surface area contributed by atoms with E-state index >= 15 is 0 Å². The molecule has 1 fully saturated rings. The van der Waals surface area contributed by atoms with Crippen LogP contribution in [-0.4, -0.2) is 27.5 Å². The van der Waals surface area contributed by atoms with Gasteiger partial charge in [0.2, 0.25) is 10.0 Å². The first-order valence-electron chi connectivity index (χ1n) is 9.79. The van der Waals surface area contributed by atoms with E-state index in [1.807, 2.05) is 30.3 Å². The predicted molar refractivity (Wildman–Crippen MR) is 117 cm³/mol. The largest absolute Gasteiger partial charge is 0.495 e. The van der Waals surface area contributed by atoms with E-state index in [1.54, 1.807) is 24.3 Å². The fraction of sp³-hybridized carbons (Fsp3) is 0.174. The van der Waals surface area contributed by atoms with Crippen molar-refractivity contribution in [3.8, 4) is 17.2 Å². The molecule has 3 aromatic carbocycles. The summed E-state index contributed by atoms with van der Waals surface area (Å²) in [6.45, 7) is 0. The maximum Gasteiger partial charge on any atom is 0.255 e. The molecule has 0 bridgehead atoms. The second-order valence-electron chi connectivity index (χ2n) is 7.15. The SMILES string of the molecule is COc1ccc(S(=O)(=O)NC2CC2)cc1NC(=O)c1cccc(Oc2ccccc2)c1. The number of sulfonamides is 1. The minimum absolute atomic E-state index is 0.0162. The van der Waals surface area contributed by atoms with Crippen molar-refractivity contribution < 1.29 is 22.7 Å². The van der Waals surface area contributed by atoms with Crippen LogP contribution in [0.25, 0.3) is 0 Å². The highest BCUT2D eigenvalue weighted by Crippen LogP contribution is 2.30. The molecule has 1 amide bonds. The second-order valence-corrected chi connectivity index (χ2v) is 8.87. The molecular formula is C23H22N2O5S. The summed E-state index contributed by atoms with van der Waals surface area (Å²) in [4.78, 5) is 12.9. The molecule has 31 heavy (non-hydrogen) atoms. The Morgan fingerprint density at radius 3 is 2.39 bits per heavy atom. The topological polar surface area (TPSA) is 93.7 Å². The molecule has 160 valence electrons. The maximum absolute atomic E-state index is 12.8. The molecule has 2 N–H and O–H groups in total. The van der Waals surface area contributed by atoms with Gasteiger partial charge in [-0.25, -0.2) is 13.1 Å². The van der Waals surface area contributed by atoms with Gasteiger partial charge in [0.15, 0.2) is 0 Å². The Morgan fingerprint density at radius 1 is 0.935 bits per heavy atom. The zero-order valence-electron chi connectivity index (χ0n) is 16.9. The number of ether oxygens (including phenoxy) is 2. The third kappa shape index (κ3) is 5.22. The summed E-state index contributed by atoms with van der Waals surface area (Å²) in [6, 6.07) is 20.3. The van der Waals surface area contributed by atoms with Crippen LogP contribution in [0, 0.1) is 0 Å². The van der Waals surface area contributed by atoms with Crippen molar-refractivity contribution in [2.45, 2.75) is 23.8 Å². The number of methoxy groups -OCH3 is 1. The molecule has 0 aliphatic heterocycles. The molecule has 3 aromatic rings. The van der Waals surface area contributed by atoms with E-state index in [2.05, 4.69) is 10.0 Å². The number of benzene rings is 3. The molecule has 0 aromatic heterocycles. The number of rotatable bonds is 8. The van der Waals surface area contributed by atoms with E-state index in [-0.39, 0.29) is 16.6 Å². The Morgan fingerprint density at radius 2 is 1.68 bits per heavy atom. The summed E-state index contributed by atoms with van der Waals surface area (Å²) >= 11 is 0. The van der Waals surface area contributed by atoms with Crippen LogP contribution < -0.4 is 19.5 Å². The van der Waals surface area contributed by atoms with E-state index < -0.39 is 15.9 Å². The van der Waals surface area contributed by atoms with Crippen LogP contribution in [0.2, 0.25) is 0 Å². The molecular weight excluding hydrogens is 416 g/mol. The normalized spacial score (nSPS) is 13.5. The highest BCUT2D eigenvalue weighted by atomic mass is 32.2. The molecule has 0 atom stereocenters. The minimum Gasteiger partial charge on any atom is -0.495 e. The molecule has 4 rings (SSSR count). The number of hydrogen-bond donors (Lipinski definition) is 2. The van der Waals surface area contributed by atoms with E-state index in [4.69, 9.17) is 9.47 Å². The van der Waals surface area contributed by atoms with Crippen molar-refractivity contribution in [3.63, 3.8) is 0 Å². The van der Waals surface area contributed by atoms with Gasteiger partial charge < -0.3 is 14.8 Å². The first-order chi connectivity index (χ1) is 14.9. The molecule has 1 aliphatic carbocycles. The molecule has 0 radical (unpaired) electrons. The number of hydrogen-bond acceptors (Lipinski definition) is 5. The van der Waals surface area contributed by atoms with Gasteiger partial charge in [-0.3, -0.25) is 4.79 Å². The quantitative estimate of drug-likeness (QED) is 0.550. The monoisotopic (exact) mass is 438 g/mol. The molecule has 8 heteroatoms. The van der Waals surface area contributed by atoms with Crippen molar-refractivity contribution in [2.75, 3.05) is 12.4 Å². The third-order valence-electron chi connectivity index (χ3n) is 4.70. The van der Waals surface area contributed by atoms with E-state index in [0.717, 1.165) is 12.8 Å². The van der Waals surface area contributed by atoms with Crippen molar-refractivity contribution in [3.05, 3.63) is 78.4 Å². The standard InChI is InChI=1S/C23H22N2O5S/c1-29-22-13-12-20(31(27,28)25-17-10-11-17)15-21(22)24-23(26)16-6-5-9-19(14-16)30-18-7-3-2-4-8-18/h2-9,12-15,17,25H,10-11H2,1H3,(H,24,26). The molecule has 0 spiro atoms. The summed E-state index contributed by atoms with van der Waals surface area (Å²) in [7, 11) is -2.21. The van der Waals surface area contributed by atoms with Gasteiger partial charge in [-0.1, -0.05) is 24.3 Å². The Balaban J connectivity index is 1.55. The fourth-order valence-electron chi connectivity index (χ4n) is 2.96. The lowest BCUT2D eigenvalue weighted by molar-refractivity contribution is 0.102. The van der Waals surface area contributed by atoms with E-state index in [9.17, 15) is 13.2 Å². The fourth-order valence-corrected chi connectivity index (χ4v) is 4.29. The van der Waals surface area contributed by atoms with Crippen molar-refractivity contribution in [2.24, 2.45) is 0 Å². The van der Waals surface area contributed by atoms with Crippen LogP contribution in [0.5, 0.6) is 17.2 Å². The molecule has 7 nitrogen and oxygen atoms in total. The average Bonchev–Trinajstić information content (AvgIpc) is 3.58. The Kier molecular flexibility index (Phi) is 5.92. The summed E-state index contributed by atoms with van der Waals surface area (Å²) in [5, 5.41) is 2.74. The van der Waals surface area contributed by atoms with Gasteiger partial charge in [0, 0.05) is 11.6 Å². The summed E-state index contributed by atoms with van der Waals surface area (Å²) < 4.78 is 38.8. The first-order valence-corrected chi connectivity index (χ1v) is 11.3. The Bertz CT molecular complexity index is 1190. The van der Waals surface area contributed by atoms with E-state index in [0.29, 0.717) is 22.8 Å². The number of anilines is 1. The molecule has 1 aliphatic rings. The van der Waals surface area contributed by atoms with Crippen molar-refractivity contribution >= 4 is 21.6 Å².